The van der Waals surface area contributed by atoms with Crippen LogP contribution in [0, 0.1) is 5.92 Å². The summed E-state index contributed by atoms with van der Waals surface area (Å²) in [7, 11) is 0. The number of fused-ring (bicyclic) bond motifs is 1. The van der Waals surface area contributed by atoms with Gasteiger partial charge in [0.15, 0.2) is 6.10 Å². The molecule has 0 radical (unpaired) electrons. The van der Waals surface area contributed by atoms with E-state index in [1.165, 1.54) is 6.07 Å². The van der Waals surface area contributed by atoms with Crippen molar-refractivity contribution in [2.75, 3.05) is 0 Å². The summed E-state index contributed by atoms with van der Waals surface area (Å²) in [5.74, 6) is -1.44. The minimum absolute atomic E-state index is 0.208. The Morgan fingerprint density at radius 3 is 2.54 bits per heavy atom. The largest absolute Gasteiger partial charge is 0.481 e. The number of nitrogens with one attached hydrogen (secondary N) is 1. The highest BCUT2D eigenvalue weighted by molar-refractivity contribution is 5.86. The van der Waals surface area contributed by atoms with Crippen LogP contribution in [-0.2, 0) is 16.0 Å². The highest BCUT2D eigenvalue weighted by atomic mass is 16.5. The molecule has 0 unspecified atom stereocenters. The maximum Gasteiger partial charge on any atom is 0.336 e. The normalized spacial score (nSPS) is 14.3. The van der Waals surface area contributed by atoms with Gasteiger partial charge >= 0.3 is 11.6 Å². The van der Waals surface area contributed by atoms with Crippen LogP contribution < -0.4 is 15.7 Å². The van der Waals surface area contributed by atoms with Gasteiger partial charge in [0.1, 0.15) is 17.4 Å². The van der Waals surface area contributed by atoms with Crippen LogP contribution in [0.15, 0.2) is 33.5 Å². The number of carbonyl (C=O) groups is 2. The van der Waals surface area contributed by atoms with Crippen molar-refractivity contribution < 1.29 is 23.8 Å². The van der Waals surface area contributed by atoms with E-state index in [2.05, 4.69) is 5.32 Å². The quantitative estimate of drug-likeness (QED) is 0.638. The van der Waals surface area contributed by atoms with E-state index < -0.39 is 29.6 Å². The molecule has 1 heterocycles. The van der Waals surface area contributed by atoms with Gasteiger partial charge in [0.2, 0.25) is 0 Å². The van der Waals surface area contributed by atoms with E-state index >= 15 is 0 Å². The summed E-state index contributed by atoms with van der Waals surface area (Å²) in [4.78, 5) is 35.5. The predicted octanol–water partition coefficient (Wildman–Crippen LogP) is 3.13. The molecule has 7 heteroatoms. The lowest BCUT2D eigenvalue weighted by Gasteiger charge is -2.22. The monoisotopic (exact) mass is 389 g/mol. The highest BCUT2D eigenvalue weighted by Crippen LogP contribution is 2.24. The van der Waals surface area contributed by atoms with Gasteiger partial charge in [-0.1, -0.05) is 33.6 Å². The molecule has 0 saturated heterocycles. The van der Waals surface area contributed by atoms with Gasteiger partial charge in [-0.15, -0.1) is 0 Å². The van der Waals surface area contributed by atoms with E-state index in [4.69, 9.17) is 9.15 Å². The van der Waals surface area contributed by atoms with Gasteiger partial charge in [0.25, 0.3) is 5.91 Å². The summed E-state index contributed by atoms with van der Waals surface area (Å²) < 4.78 is 10.9. The molecule has 2 rings (SSSR count). The second kappa shape index (κ2) is 9.39. The number of hydrogen-bond acceptors (Lipinski definition) is 5. The molecule has 2 aromatic rings. The zero-order valence-corrected chi connectivity index (χ0v) is 16.7. The SMILES string of the molecule is CCCc1cc(=O)oc2cc(O[C@H](C)C(=O)N[C@@H](C(=O)O)[C@@H](C)CC)ccc12. The van der Waals surface area contributed by atoms with Crippen LogP contribution in [0.5, 0.6) is 5.75 Å². The minimum atomic E-state index is -1.08. The molecule has 0 saturated carbocycles. The first-order chi connectivity index (χ1) is 13.3. The van der Waals surface area contributed by atoms with E-state index in [9.17, 15) is 19.5 Å². The maximum atomic E-state index is 12.4. The predicted molar refractivity (Wildman–Crippen MR) is 106 cm³/mol. The number of benzene rings is 1. The molecule has 1 aromatic heterocycles. The van der Waals surface area contributed by atoms with Crippen molar-refractivity contribution in [2.24, 2.45) is 5.92 Å². The second-order valence-electron chi connectivity index (χ2n) is 6.97. The van der Waals surface area contributed by atoms with Gasteiger partial charge < -0.3 is 19.6 Å². The average Bonchev–Trinajstić information content (AvgIpc) is 2.64. The fraction of sp³-hybridized carbons (Fsp3) is 0.476. The van der Waals surface area contributed by atoms with Crippen LogP contribution in [-0.4, -0.2) is 29.1 Å². The van der Waals surface area contributed by atoms with Gasteiger partial charge in [0, 0.05) is 17.5 Å². The van der Waals surface area contributed by atoms with Crippen molar-refractivity contribution >= 4 is 22.8 Å². The molecule has 0 aliphatic rings. The Morgan fingerprint density at radius 1 is 1.21 bits per heavy atom. The number of rotatable bonds is 9. The standard InChI is InChI=1S/C21H27NO6/c1-5-7-14-10-18(23)28-17-11-15(8-9-16(14)17)27-13(4)20(24)22-19(21(25)26)12(3)6-2/h8-13,19H,5-7H2,1-4H3,(H,22,24)(H,25,26)/t12-,13+,19+/m0/s1. The molecule has 152 valence electrons. The van der Waals surface area contributed by atoms with Crippen molar-refractivity contribution in [3.8, 4) is 5.75 Å². The summed E-state index contributed by atoms with van der Waals surface area (Å²) in [5, 5.41) is 12.7. The van der Waals surface area contributed by atoms with Gasteiger partial charge in [-0.05, 0) is 37.0 Å². The van der Waals surface area contributed by atoms with Crippen LogP contribution in [0.2, 0.25) is 0 Å². The van der Waals surface area contributed by atoms with Crippen molar-refractivity contribution in [1.29, 1.82) is 0 Å². The summed E-state index contributed by atoms with van der Waals surface area (Å²) >= 11 is 0. The Kier molecular flexibility index (Phi) is 7.20. The number of aryl methyl sites for hydroxylation is 1. The Balaban J connectivity index is 2.18. The Bertz CT molecular complexity index is 903. The molecule has 1 amide bonds. The van der Waals surface area contributed by atoms with E-state index in [0.717, 1.165) is 23.8 Å². The van der Waals surface area contributed by atoms with Gasteiger partial charge in [-0.25, -0.2) is 9.59 Å². The summed E-state index contributed by atoms with van der Waals surface area (Å²) in [5.41, 5.74) is 0.866. The number of carboxylic acids is 1. The van der Waals surface area contributed by atoms with Crippen molar-refractivity contribution in [2.45, 2.75) is 59.1 Å². The zero-order chi connectivity index (χ0) is 20.8. The Hall–Kier alpha value is -2.83. The summed E-state index contributed by atoms with van der Waals surface area (Å²) in [6.07, 6.45) is 1.37. The Labute approximate surface area is 163 Å². The van der Waals surface area contributed by atoms with Gasteiger partial charge in [-0.3, -0.25) is 4.79 Å². The number of hydrogen-bond donors (Lipinski definition) is 2. The van der Waals surface area contributed by atoms with E-state index in [-0.39, 0.29) is 5.92 Å². The van der Waals surface area contributed by atoms with Crippen molar-refractivity contribution in [3.63, 3.8) is 0 Å². The lowest BCUT2D eigenvalue weighted by Crippen LogP contribution is -2.49. The van der Waals surface area contributed by atoms with E-state index in [1.54, 1.807) is 32.0 Å². The molecule has 7 nitrogen and oxygen atoms in total. The Morgan fingerprint density at radius 2 is 1.93 bits per heavy atom. The third-order valence-corrected chi connectivity index (χ3v) is 4.78. The second-order valence-corrected chi connectivity index (χ2v) is 6.97. The number of amides is 1. The molecule has 1 aromatic carbocycles. The molecule has 0 aliphatic heterocycles. The summed E-state index contributed by atoms with van der Waals surface area (Å²) in [6.45, 7) is 7.20. The first-order valence-corrected chi connectivity index (χ1v) is 9.53. The molecule has 3 atom stereocenters. The molecule has 2 N–H and O–H groups in total. The molecule has 0 bridgehead atoms. The fourth-order valence-corrected chi connectivity index (χ4v) is 2.97. The van der Waals surface area contributed by atoms with Gasteiger partial charge in [0.05, 0.1) is 0 Å². The third kappa shape index (κ3) is 5.12. The summed E-state index contributed by atoms with van der Waals surface area (Å²) in [6, 6.07) is 5.58. The zero-order valence-electron chi connectivity index (χ0n) is 16.7. The lowest BCUT2D eigenvalue weighted by molar-refractivity contribution is -0.144. The topological polar surface area (TPSA) is 106 Å². The van der Waals surface area contributed by atoms with E-state index in [1.807, 2.05) is 13.8 Å². The molecule has 28 heavy (non-hydrogen) atoms. The van der Waals surface area contributed by atoms with Crippen LogP contribution in [0.25, 0.3) is 11.0 Å². The maximum absolute atomic E-state index is 12.4. The lowest BCUT2D eigenvalue weighted by atomic mass is 9.99. The average molecular weight is 389 g/mol. The fourth-order valence-electron chi connectivity index (χ4n) is 2.97. The molecular formula is C21H27NO6. The smallest absolute Gasteiger partial charge is 0.336 e. The number of carbonyl (C=O) groups excluding carboxylic acids is 1. The molecule has 0 spiro atoms. The number of aliphatic carboxylic acids is 1. The van der Waals surface area contributed by atoms with Crippen LogP contribution in [0.4, 0.5) is 0 Å². The minimum Gasteiger partial charge on any atom is -0.481 e. The first kappa shape index (κ1) is 21.5. The van der Waals surface area contributed by atoms with Gasteiger partial charge in [-0.2, -0.15) is 0 Å². The first-order valence-electron chi connectivity index (χ1n) is 9.53. The van der Waals surface area contributed by atoms with Crippen molar-refractivity contribution in [1.82, 2.24) is 5.32 Å². The number of carboxylic acid groups (broad SMARTS) is 1. The molecule has 0 fully saturated rings. The van der Waals surface area contributed by atoms with Crippen LogP contribution in [0.1, 0.15) is 46.1 Å². The number of ether oxygens (including phenoxy) is 1. The van der Waals surface area contributed by atoms with Crippen LogP contribution in [0.3, 0.4) is 0 Å². The van der Waals surface area contributed by atoms with Crippen molar-refractivity contribution in [3.05, 3.63) is 40.2 Å². The van der Waals surface area contributed by atoms with Crippen LogP contribution >= 0.6 is 0 Å². The molecular weight excluding hydrogens is 362 g/mol. The molecule has 0 aliphatic carbocycles. The van der Waals surface area contributed by atoms with E-state index in [0.29, 0.717) is 17.8 Å². The highest BCUT2D eigenvalue weighted by Gasteiger charge is 2.28. The third-order valence-electron chi connectivity index (χ3n) is 4.78.